The standard InChI is InChI=1S/C18H20O3/c1-2-3-4-7-14-10-12-15(13-11-14)16-8-5-6-9-17(16)21-18(19)20/h5-6,8-13H,2-4,7H2,1H3,(H,19,20). The van der Waals surface area contributed by atoms with Crippen molar-refractivity contribution < 1.29 is 14.6 Å². The van der Waals surface area contributed by atoms with Gasteiger partial charge in [-0.2, -0.15) is 0 Å². The second-order valence-corrected chi connectivity index (χ2v) is 5.02. The van der Waals surface area contributed by atoms with Crippen molar-refractivity contribution in [3.63, 3.8) is 0 Å². The number of carboxylic acid groups (broad SMARTS) is 1. The Kier molecular flexibility index (Phi) is 5.38. The molecule has 0 aliphatic carbocycles. The third kappa shape index (κ3) is 4.35. The van der Waals surface area contributed by atoms with Gasteiger partial charge in [-0.05, 0) is 30.0 Å². The Morgan fingerprint density at radius 3 is 2.43 bits per heavy atom. The van der Waals surface area contributed by atoms with E-state index in [0.29, 0.717) is 5.75 Å². The monoisotopic (exact) mass is 284 g/mol. The van der Waals surface area contributed by atoms with Gasteiger partial charge in [-0.25, -0.2) is 4.79 Å². The molecule has 2 aromatic carbocycles. The molecule has 110 valence electrons. The molecule has 0 radical (unpaired) electrons. The number of ether oxygens (including phenoxy) is 1. The van der Waals surface area contributed by atoms with E-state index in [1.54, 1.807) is 12.1 Å². The third-order valence-corrected chi connectivity index (χ3v) is 3.42. The average molecular weight is 284 g/mol. The van der Waals surface area contributed by atoms with Gasteiger partial charge in [0.1, 0.15) is 5.75 Å². The molecular weight excluding hydrogens is 264 g/mol. The van der Waals surface area contributed by atoms with Crippen molar-refractivity contribution in [3.05, 3.63) is 54.1 Å². The van der Waals surface area contributed by atoms with Crippen molar-refractivity contribution in [2.24, 2.45) is 0 Å². The van der Waals surface area contributed by atoms with Crippen molar-refractivity contribution in [2.45, 2.75) is 32.6 Å². The lowest BCUT2D eigenvalue weighted by Crippen LogP contribution is -2.03. The van der Waals surface area contributed by atoms with Crippen LogP contribution < -0.4 is 4.74 Å². The summed E-state index contributed by atoms with van der Waals surface area (Å²) in [7, 11) is 0. The first-order valence-corrected chi connectivity index (χ1v) is 7.30. The lowest BCUT2D eigenvalue weighted by molar-refractivity contribution is 0.144. The first-order chi connectivity index (χ1) is 10.2. The zero-order chi connectivity index (χ0) is 15.1. The number of para-hydroxylation sites is 1. The zero-order valence-electron chi connectivity index (χ0n) is 12.2. The fourth-order valence-electron chi connectivity index (χ4n) is 2.32. The van der Waals surface area contributed by atoms with Crippen molar-refractivity contribution in [3.8, 4) is 16.9 Å². The van der Waals surface area contributed by atoms with Gasteiger partial charge in [-0.3, -0.25) is 0 Å². The number of unbranched alkanes of at least 4 members (excludes halogenated alkanes) is 2. The van der Waals surface area contributed by atoms with Gasteiger partial charge in [-0.1, -0.05) is 62.2 Å². The minimum atomic E-state index is -1.29. The molecule has 0 unspecified atom stereocenters. The Morgan fingerprint density at radius 1 is 1.05 bits per heavy atom. The Labute approximate surface area is 125 Å². The maximum Gasteiger partial charge on any atom is 0.511 e. The first-order valence-electron chi connectivity index (χ1n) is 7.30. The second kappa shape index (κ2) is 7.48. The van der Waals surface area contributed by atoms with E-state index in [0.717, 1.165) is 17.5 Å². The topological polar surface area (TPSA) is 46.5 Å². The highest BCUT2D eigenvalue weighted by molar-refractivity contribution is 5.74. The SMILES string of the molecule is CCCCCc1ccc(-c2ccccc2OC(=O)O)cc1. The molecular formula is C18H20O3. The molecule has 0 aliphatic heterocycles. The number of benzene rings is 2. The molecule has 3 nitrogen and oxygen atoms in total. The van der Waals surface area contributed by atoms with Crippen LogP contribution in [0.1, 0.15) is 31.7 Å². The van der Waals surface area contributed by atoms with E-state index in [1.165, 1.54) is 24.8 Å². The second-order valence-electron chi connectivity index (χ2n) is 5.02. The van der Waals surface area contributed by atoms with Crippen LogP contribution in [0.25, 0.3) is 11.1 Å². The zero-order valence-corrected chi connectivity index (χ0v) is 12.2. The molecule has 0 aromatic heterocycles. The lowest BCUT2D eigenvalue weighted by Gasteiger charge is -2.09. The average Bonchev–Trinajstić information content (AvgIpc) is 2.48. The molecule has 0 fully saturated rings. The Morgan fingerprint density at radius 2 is 1.76 bits per heavy atom. The van der Waals surface area contributed by atoms with E-state index in [1.807, 2.05) is 24.3 Å². The van der Waals surface area contributed by atoms with E-state index in [9.17, 15) is 4.79 Å². The fraction of sp³-hybridized carbons (Fsp3) is 0.278. The van der Waals surface area contributed by atoms with Gasteiger partial charge in [0.15, 0.2) is 0 Å². The summed E-state index contributed by atoms with van der Waals surface area (Å²) in [5.74, 6) is 0.365. The van der Waals surface area contributed by atoms with Gasteiger partial charge >= 0.3 is 6.16 Å². The van der Waals surface area contributed by atoms with Crippen LogP contribution in [0.2, 0.25) is 0 Å². The molecule has 0 saturated carbocycles. The number of hydrogen-bond acceptors (Lipinski definition) is 2. The number of aryl methyl sites for hydroxylation is 1. The summed E-state index contributed by atoms with van der Waals surface area (Å²) in [6.45, 7) is 2.20. The molecule has 3 heteroatoms. The molecule has 0 atom stereocenters. The predicted molar refractivity (Wildman–Crippen MR) is 83.8 cm³/mol. The van der Waals surface area contributed by atoms with Gasteiger partial charge < -0.3 is 9.84 Å². The molecule has 0 heterocycles. The van der Waals surface area contributed by atoms with Crippen LogP contribution in [0.3, 0.4) is 0 Å². The van der Waals surface area contributed by atoms with E-state index in [2.05, 4.69) is 19.1 Å². The van der Waals surface area contributed by atoms with Crippen LogP contribution in [-0.2, 0) is 6.42 Å². The Bertz CT molecular complexity index is 588. The number of carbonyl (C=O) groups is 1. The van der Waals surface area contributed by atoms with Gasteiger partial charge in [-0.15, -0.1) is 0 Å². The molecule has 0 aliphatic rings. The van der Waals surface area contributed by atoms with Crippen LogP contribution in [0.4, 0.5) is 4.79 Å². The molecule has 0 saturated heterocycles. The van der Waals surface area contributed by atoms with Gasteiger partial charge in [0.05, 0.1) is 0 Å². The number of rotatable bonds is 6. The van der Waals surface area contributed by atoms with Gasteiger partial charge in [0.2, 0.25) is 0 Å². The Hall–Kier alpha value is -2.29. The smallest absolute Gasteiger partial charge is 0.449 e. The van der Waals surface area contributed by atoms with Gasteiger partial charge in [0.25, 0.3) is 0 Å². The summed E-state index contributed by atoms with van der Waals surface area (Å²) in [5.41, 5.74) is 3.06. The van der Waals surface area contributed by atoms with Crippen molar-refractivity contribution in [1.29, 1.82) is 0 Å². The highest BCUT2D eigenvalue weighted by atomic mass is 16.7. The van der Waals surface area contributed by atoms with Crippen LogP contribution in [-0.4, -0.2) is 11.3 Å². The van der Waals surface area contributed by atoms with E-state index in [-0.39, 0.29) is 0 Å². The fourth-order valence-corrected chi connectivity index (χ4v) is 2.32. The van der Waals surface area contributed by atoms with Crippen LogP contribution in [0.15, 0.2) is 48.5 Å². The summed E-state index contributed by atoms with van der Waals surface area (Å²) in [5, 5.41) is 8.78. The summed E-state index contributed by atoms with van der Waals surface area (Å²) < 4.78 is 4.83. The summed E-state index contributed by atoms with van der Waals surface area (Å²) in [4.78, 5) is 10.7. The molecule has 2 aromatic rings. The summed E-state index contributed by atoms with van der Waals surface area (Å²) >= 11 is 0. The third-order valence-electron chi connectivity index (χ3n) is 3.42. The Balaban J connectivity index is 2.16. The largest absolute Gasteiger partial charge is 0.511 e. The van der Waals surface area contributed by atoms with E-state index < -0.39 is 6.16 Å². The molecule has 2 rings (SSSR count). The van der Waals surface area contributed by atoms with Crippen LogP contribution in [0, 0.1) is 0 Å². The van der Waals surface area contributed by atoms with Crippen molar-refractivity contribution >= 4 is 6.16 Å². The van der Waals surface area contributed by atoms with E-state index >= 15 is 0 Å². The minimum absolute atomic E-state index is 0.365. The molecule has 0 bridgehead atoms. The van der Waals surface area contributed by atoms with Crippen molar-refractivity contribution in [1.82, 2.24) is 0 Å². The predicted octanol–water partition coefficient (Wildman–Crippen LogP) is 5.14. The highest BCUT2D eigenvalue weighted by Crippen LogP contribution is 2.30. The lowest BCUT2D eigenvalue weighted by atomic mass is 10.0. The molecule has 0 amide bonds. The first kappa shape index (κ1) is 15.1. The number of hydrogen-bond donors (Lipinski definition) is 1. The van der Waals surface area contributed by atoms with Crippen LogP contribution in [0.5, 0.6) is 5.75 Å². The molecule has 1 N–H and O–H groups in total. The minimum Gasteiger partial charge on any atom is -0.449 e. The summed E-state index contributed by atoms with van der Waals surface area (Å²) in [6, 6.07) is 15.4. The van der Waals surface area contributed by atoms with Crippen molar-refractivity contribution in [2.75, 3.05) is 0 Å². The normalized spacial score (nSPS) is 10.3. The molecule has 0 spiro atoms. The van der Waals surface area contributed by atoms with Gasteiger partial charge in [0, 0.05) is 5.56 Å². The van der Waals surface area contributed by atoms with E-state index in [4.69, 9.17) is 9.84 Å². The summed E-state index contributed by atoms with van der Waals surface area (Å²) in [6.07, 6.45) is 3.46. The quantitative estimate of drug-likeness (QED) is 0.453. The maximum absolute atomic E-state index is 10.7. The molecule has 21 heavy (non-hydrogen) atoms. The maximum atomic E-state index is 10.7. The highest BCUT2D eigenvalue weighted by Gasteiger charge is 2.09. The van der Waals surface area contributed by atoms with Crippen LogP contribution >= 0.6 is 0 Å².